The Balaban J connectivity index is 1.88. The Labute approximate surface area is 151 Å². The Morgan fingerprint density at radius 1 is 0.960 bits per heavy atom. The molecule has 0 N–H and O–H groups in total. The molecule has 0 atom stereocenters. The van der Waals surface area contributed by atoms with Crippen LogP contribution in [0.5, 0.6) is 0 Å². The molecule has 0 radical (unpaired) electrons. The highest BCUT2D eigenvalue weighted by Crippen LogP contribution is 2.24. The third-order valence-corrected chi connectivity index (χ3v) is 4.81. The Kier molecular flexibility index (Phi) is 5.40. The van der Waals surface area contributed by atoms with Gasteiger partial charge in [-0.2, -0.15) is 0 Å². The first-order chi connectivity index (χ1) is 12.0. The zero-order chi connectivity index (χ0) is 17.8. The van der Waals surface area contributed by atoms with Crippen LogP contribution in [-0.4, -0.2) is 30.1 Å². The van der Waals surface area contributed by atoms with Crippen molar-refractivity contribution in [1.82, 2.24) is 9.47 Å². The standard InChI is InChI=1S/C23H28N2/c1-18-10-11-20(16-19(18)2)12-13-21-17-25(15-7-14-24(3)4)23-9-6-5-8-22(21)23/h5-6,8-13,16-17H,7,14-15H2,1-4H3/b13-12+. The highest BCUT2D eigenvalue weighted by atomic mass is 15.1. The zero-order valence-corrected chi connectivity index (χ0v) is 15.8. The van der Waals surface area contributed by atoms with E-state index in [0.717, 1.165) is 19.5 Å². The molecule has 0 aliphatic rings. The Morgan fingerprint density at radius 2 is 1.76 bits per heavy atom. The number of benzene rings is 2. The SMILES string of the molecule is Cc1ccc(/C=C/c2cn(CCCN(C)C)c3ccccc23)cc1C. The van der Waals surface area contributed by atoms with Crippen molar-refractivity contribution in [3.63, 3.8) is 0 Å². The predicted molar refractivity (Wildman–Crippen MR) is 110 cm³/mol. The van der Waals surface area contributed by atoms with Crippen molar-refractivity contribution >= 4 is 23.1 Å². The number of fused-ring (bicyclic) bond motifs is 1. The summed E-state index contributed by atoms with van der Waals surface area (Å²) in [4.78, 5) is 2.24. The van der Waals surface area contributed by atoms with Gasteiger partial charge in [0.15, 0.2) is 0 Å². The lowest BCUT2D eigenvalue weighted by Crippen LogP contribution is -2.14. The first kappa shape index (κ1) is 17.5. The highest BCUT2D eigenvalue weighted by molar-refractivity contribution is 5.92. The van der Waals surface area contributed by atoms with Crippen LogP contribution in [0.15, 0.2) is 48.7 Å². The fourth-order valence-corrected chi connectivity index (χ4v) is 3.20. The van der Waals surface area contributed by atoms with E-state index >= 15 is 0 Å². The van der Waals surface area contributed by atoms with Crippen molar-refractivity contribution < 1.29 is 0 Å². The molecule has 0 amide bonds. The number of aromatic nitrogens is 1. The molecule has 0 fully saturated rings. The summed E-state index contributed by atoms with van der Waals surface area (Å²) in [6, 6.07) is 15.3. The number of aryl methyl sites for hydroxylation is 3. The molecule has 0 unspecified atom stereocenters. The molecule has 1 heterocycles. The summed E-state index contributed by atoms with van der Waals surface area (Å²) in [6.45, 7) is 6.49. The minimum absolute atomic E-state index is 1.05. The Bertz CT molecular complexity index is 884. The summed E-state index contributed by atoms with van der Waals surface area (Å²) in [5.41, 5.74) is 6.55. The smallest absolute Gasteiger partial charge is 0.0486 e. The average Bonchev–Trinajstić information content (AvgIpc) is 2.94. The van der Waals surface area contributed by atoms with E-state index in [2.05, 4.69) is 98.2 Å². The molecule has 3 aromatic rings. The number of rotatable bonds is 6. The zero-order valence-electron chi connectivity index (χ0n) is 15.8. The Hall–Kier alpha value is -2.32. The van der Waals surface area contributed by atoms with Crippen LogP contribution in [0.3, 0.4) is 0 Å². The van der Waals surface area contributed by atoms with Gasteiger partial charge in [-0.05, 0) is 69.2 Å². The molecule has 2 aromatic carbocycles. The molecular formula is C23H28N2. The van der Waals surface area contributed by atoms with Crippen LogP contribution >= 0.6 is 0 Å². The molecule has 2 heteroatoms. The molecule has 1 aromatic heterocycles. The van der Waals surface area contributed by atoms with E-state index in [1.54, 1.807) is 0 Å². The molecule has 25 heavy (non-hydrogen) atoms. The monoisotopic (exact) mass is 332 g/mol. The minimum atomic E-state index is 1.05. The van der Waals surface area contributed by atoms with E-state index in [0.29, 0.717) is 0 Å². The van der Waals surface area contributed by atoms with Crippen LogP contribution in [0, 0.1) is 13.8 Å². The van der Waals surface area contributed by atoms with Crippen LogP contribution in [0.2, 0.25) is 0 Å². The second-order valence-electron chi connectivity index (χ2n) is 7.13. The van der Waals surface area contributed by atoms with Gasteiger partial charge in [0.05, 0.1) is 0 Å². The number of para-hydroxylation sites is 1. The number of nitrogens with zero attached hydrogens (tertiary/aromatic N) is 2. The summed E-state index contributed by atoms with van der Waals surface area (Å²) < 4.78 is 2.39. The first-order valence-corrected chi connectivity index (χ1v) is 9.02. The van der Waals surface area contributed by atoms with Crippen LogP contribution in [-0.2, 0) is 6.54 Å². The van der Waals surface area contributed by atoms with Gasteiger partial charge in [0.1, 0.15) is 0 Å². The molecule has 0 aliphatic heterocycles. The van der Waals surface area contributed by atoms with E-state index < -0.39 is 0 Å². The van der Waals surface area contributed by atoms with Crippen LogP contribution in [0.25, 0.3) is 23.1 Å². The molecule has 0 saturated heterocycles. The van der Waals surface area contributed by atoms with E-state index in [4.69, 9.17) is 0 Å². The number of hydrogen-bond acceptors (Lipinski definition) is 1. The van der Waals surface area contributed by atoms with E-state index in [-0.39, 0.29) is 0 Å². The quantitative estimate of drug-likeness (QED) is 0.588. The van der Waals surface area contributed by atoms with Gasteiger partial charge in [0, 0.05) is 23.6 Å². The second kappa shape index (κ2) is 7.71. The van der Waals surface area contributed by atoms with E-state index in [1.807, 2.05) is 0 Å². The summed E-state index contributed by atoms with van der Waals surface area (Å²) >= 11 is 0. The number of hydrogen-bond donors (Lipinski definition) is 0. The molecule has 2 nitrogen and oxygen atoms in total. The van der Waals surface area contributed by atoms with Crippen molar-refractivity contribution in [2.75, 3.05) is 20.6 Å². The fourth-order valence-electron chi connectivity index (χ4n) is 3.20. The lowest BCUT2D eigenvalue weighted by molar-refractivity contribution is 0.388. The van der Waals surface area contributed by atoms with Gasteiger partial charge < -0.3 is 9.47 Å². The van der Waals surface area contributed by atoms with Crippen LogP contribution in [0.1, 0.15) is 28.7 Å². The summed E-state index contributed by atoms with van der Waals surface area (Å²) in [6.07, 6.45) is 7.91. The fraction of sp³-hybridized carbons (Fsp3) is 0.304. The normalized spacial score (nSPS) is 11.9. The third-order valence-electron chi connectivity index (χ3n) is 4.81. The van der Waals surface area contributed by atoms with E-state index in [1.165, 1.54) is 33.2 Å². The molecule has 0 spiro atoms. The molecule has 130 valence electrons. The summed E-state index contributed by atoms with van der Waals surface area (Å²) in [5.74, 6) is 0. The maximum atomic E-state index is 2.39. The van der Waals surface area contributed by atoms with Crippen LogP contribution in [0.4, 0.5) is 0 Å². The third kappa shape index (κ3) is 4.21. The predicted octanol–water partition coefficient (Wildman–Crippen LogP) is 5.38. The van der Waals surface area contributed by atoms with Gasteiger partial charge in [0.2, 0.25) is 0 Å². The van der Waals surface area contributed by atoms with Gasteiger partial charge in [-0.3, -0.25) is 0 Å². The molecule has 0 bridgehead atoms. The van der Waals surface area contributed by atoms with Gasteiger partial charge in [-0.15, -0.1) is 0 Å². The van der Waals surface area contributed by atoms with Crippen molar-refractivity contribution in [2.45, 2.75) is 26.8 Å². The lowest BCUT2D eigenvalue weighted by atomic mass is 10.1. The van der Waals surface area contributed by atoms with Crippen molar-refractivity contribution in [1.29, 1.82) is 0 Å². The molecule has 0 saturated carbocycles. The second-order valence-corrected chi connectivity index (χ2v) is 7.13. The van der Waals surface area contributed by atoms with Gasteiger partial charge in [0.25, 0.3) is 0 Å². The van der Waals surface area contributed by atoms with Gasteiger partial charge >= 0.3 is 0 Å². The summed E-state index contributed by atoms with van der Waals surface area (Å²) in [7, 11) is 4.26. The maximum absolute atomic E-state index is 2.39. The summed E-state index contributed by atoms with van der Waals surface area (Å²) in [5, 5.41) is 1.33. The van der Waals surface area contributed by atoms with Crippen molar-refractivity contribution in [3.05, 3.63) is 70.9 Å². The lowest BCUT2D eigenvalue weighted by Gasteiger charge is -2.10. The van der Waals surface area contributed by atoms with Crippen LogP contribution < -0.4 is 0 Å². The maximum Gasteiger partial charge on any atom is 0.0486 e. The first-order valence-electron chi connectivity index (χ1n) is 9.02. The van der Waals surface area contributed by atoms with E-state index in [9.17, 15) is 0 Å². The van der Waals surface area contributed by atoms with Crippen molar-refractivity contribution in [3.8, 4) is 0 Å². The van der Waals surface area contributed by atoms with Crippen molar-refractivity contribution in [2.24, 2.45) is 0 Å². The minimum Gasteiger partial charge on any atom is -0.347 e. The van der Waals surface area contributed by atoms with Gasteiger partial charge in [-0.1, -0.05) is 48.6 Å². The Morgan fingerprint density at radius 3 is 2.52 bits per heavy atom. The molecule has 3 rings (SSSR count). The topological polar surface area (TPSA) is 8.17 Å². The molecular weight excluding hydrogens is 304 g/mol. The highest BCUT2D eigenvalue weighted by Gasteiger charge is 2.06. The largest absolute Gasteiger partial charge is 0.347 e. The van der Waals surface area contributed by atoms with Gasteiger partial charge in [-0.25, -0.2) is 0 Å². The molecule has 0 aliphatic carbocycles. The average molecular weight is 332 g/mol.